The number of carbonyl (C=O) groups excluding carboxylic acids is 1. The number of phenolic OH excluding ortho intramolecular Hbond substituents is 1. The predicted molar refractivity (Wildman–Crippen MR) is 117 cm³/mol. The van der Waals surface area contributed by atoms with Crippen molar-refractivity contribution in [2.75, 3.05) is 13.7 Å². The highest BCUT2D eigenvalue weighted by Gasteiger charge is 2.32. The third kappa shape index (κ3) is 5.11. The van der Waals surface area contributed by atoms with E-state index in [1.807, 2.05) is 36.4 Å². The zero-order valence-corrected chi connectivity index (χ0v) is 18.9. The van der Waals surface area contributed by atoms with Crippen LogP contribution in [0.5, 0.6) is 11.5 Å². The quantitative estimate of drug-likeness (QED) is 0.657. The van der Waals surface area contributed by atoms with E-state index in [0.717, 1.165) is 16.7 Å². The maximum Gasteiger partial charge on any atom is 0.318 e. The summed E-state index contributed by atoms with van der Waals surface area (Å²) in [4.78, 5) is 13.0. The number of benzene rings is 2. The van der Waals surface area contributed by atoms with Gasteiger partial charge in [-0.1, -0.05) is 65.8 Å². The van der Waals surface area contributed by atoms with Crippen molar-refractivity contribution in [3.8, 4) is 11.5 Å². The molecule has 0 bridgehead atoms. The molecular weight excluding hydrogens is 364 g/mol. The van der Waals surface area contributed by atoms with E-state index in [2.05, 4.69) is 41.5 Å². The van der Waals surface area contributed by atoms with Gasteiger partial charge in [0.15, 0.2) is 0 Å². The molecule has 29 heavy (non-hydrogen) atoms. The molecule has 1 N–H and O–H groups in total. The van der Waals surface area contributed by atoms with Gasteiger partial charge in [0.2, 0.25) is 0 Å². The van der Waals surface area contributed by atoms with Crippen LogP contribution in [0.1, 0.15) is 76.6 Å². The first-order valence-corrected chi connectivity index (χ1v) is 10.1. The standard InChI is InChI=1S/C25H34O4/c1-9-29-23(27)21(16-11-10-12-18(13-16)28-8)19-14-17(24(2,3)4)15-20(22(19)26)25(5,6)7/h10-15,21,26H,9H2,1-8H3. The van der Waals surface area contributed by atoms with Crippen molar-refractivity contribution in [2.45, 2.75) is 65.2 Å². The molecule has 4 heteroatoms. The summed E-state index contributed by atoms with van der Waals surface area (Å²) >= 11 is 0. The van der Waals surface area contributed by atoms with Crippen LogP contribution in [-0.4, -0.2) is 24.8 Å². The molecule has 2 aromatic carbocycles. The van der Waals surface area contributed by atoms with Crippen LogP contribution in [0, 0.1) is 0 Å². The summed E-state index contributed by atoms with van der Waals surface area (Å²) in [5.41, 5.74) is 2.74. The molecular formula is C25H34O4. The Balaban J connectivity index is 2.83. The largest absolute Gasteiger partial charge is 0.507 e. The summed E-state index contributed by atoms with van der Waals surface area (Å²) in [6.45, 7) is 14.6. The number of hydrogen-bond donors (Lipinski definition) is 1. The average Bonchev–Trinajstić information content (AvgIpc) is 2.61. The van der Waals surface area contributed by atoms with Gasteiger partial charge in [0.1, 0.15) is 17.4 Å². The Bertz CT molecular complexity index is 869. The molecule has 0 aliphatic carbocycles. The van der Waals surface area contributed by atoms with Crippen molar-refractivity contribution in [1.29, 1.82) is 0 Å². The molecule has 0 saturated carbocycles. The second-order valence-electron chi connectivity index (χ2n) is 9.42. The lowest BCUT2D eigenvalue weighted by Crippen LogP contribution is -2.22. The van der Waals surface area contributed by atoms with Crippen molar-refractivity contribution < 1.29 is 19.4 Å². The zero-order valence-electron chi connectivity index (χ0n) is 18.9. The minimum Gasteiger partial charge on any atom is -0.507 e. The molecule has 0 heterocycles. The summed E-state index contributed by atoms with van der Waals surface area (Å²) in [7, 11) is 1.59. The lowest BCUT2D eigenvalue weighted by atomic mass is 9.76. The number of methoxy groups -OCH3 is 1. The molecule has 0 radical (unpaired) electrons. The van der Waals surface area contributed by atoms with Gasteiger partial charge in [-0.2, -0.15) is 0 Å². The van der Waals surface area contributed by atoms with Gasteiger partial charge in [-0.3, -0.25) is 4.79 Å². The van der Waals surface area contributed by atoms with Gasteiger partial charge < -0.3 is 14.6 Å². The molecule has 0 saturated heterocycles. The van der Waals surface area contributed by atoms with Crippen LogP contribution in [0.3, 0.4) is 0 Å². The van der Waals surface area contributed by atoms with Gasteiger partial charge >= 0.3 is 5.97 Å². The second kappa shape index (κ2) is 8.48. The lowest BCUT2D eigenvalue weighted by molar-refractivity contribution is -0.143. The van der Waals surface area contributed by atoms with E-state index in [4.69, 9.17) is 9.47 Å². The molecule has 0 aliphatic heterocycles. The highest BCUT2D eigenvalue weighted by molar-refractivity contribution is 5.84. The first-order valence-electron chi connectivity index (χ1n) is 10.1. The van der Waals surface area contributed by atoms with E-state index in [-0.39, 0.29) is 29.2 Å². The van der Waals surface area contributed by atoms with Crippen LogP contribution in [0.25, 0.3) is 0 Å². The van der Waals surface area contributed by atoms with Crippen LogP contribution in [0.4, 0.5) is 0 Å². The number of aromatic hydroxyl groups is 1. The minimum atomic E-state index is -0.742. The summed E-state index contributed by atoms with van der Waals surface area (Å²) < 4.78 is 10.8. The van der Waals surface area contributed by atoms with Gasteiger partial charge in [0, 0.05) is 5.56 Å². The topological polar surface area (TPSA) is 55.8 Å². The van der Waals surface area contributed by atoms with Gasteiger partial charge in [-0.05, 0) is 46.6 Å². The Morgan fingerprint density at radius 3 is 2.21 bits per heavy atom. The smallest absolute Gasteiger partial charge is 0.318 e. The van der Waals surface area contributed by atoms with E-state index in [1.54, 1.807) is 14.0 Å². The van der Waals surface area contributed by atoms with Crippen LogP contribution in [0.15, 0.2) is 36.4 Å². The monoisotopic (exact) mass is 398 g/mol. The third-order valence-corrected chi connectivity index (χ3v) is 5.07. The lowest BCUT2D eigenvalue weighted by Gasteiger charge is -2.29. The van der Waals surface area contributed by atoms with E-state index < -0.39 is 5.92 Å². The van der Waals surface area contributed by atoms with Crippen molar-refractivity contribution in [1.82, 2.24) is 0 Å². The Labute approximate surface area is 174 Å². The van der Waals surface area contributed by atoms with E-state index in [0.29, 0.717) is 11.3 Å². The number of ether oxygens (including phenoxy) is 2. The predicted octanol–water partition coefficient (Wildman–Crippen LogP) is 5.69. The molecule has 0 amide bonds. The summed E-state index contributed by atoms with van der Waals surface area (Å²) in [5, 5.41) is 11.3. The minimum absolute atomic E-state index is 0.143. The van der Waals surface area contributed by atoms with Crippen molar-refractivity contribution in [2.24, 2.45) is 0 Å². The molecule has 0 fully saturated rings. The Kier molecular flexibility index (Phi) is 6.67. The van der Waals surface area contributed by atoms with Gasteiger partial charge in [-0.15, -0.1) is 0 Å². The number of rotatable bonds is 5. The van der Waals surface area contributed by atoms with E-state index >= 15 is 0 Å². The van der Waals surface area contributed by atoms with Gasteiger partial charge in [-0.25, -0.2) is 0 Å². The summed E-state index contributed by atoms with van der Waals surface area (Å²) in [6.07, 6.45) is 0. The fraction of sp³-hybridized carbons (Fsp3) is 0.480. The molecule has 0 spiro atoms. The molecule has 0 aromatic heterocycles. The Morgan fingerprint density at radius 2 is 1.69 bits per heavy atom. The number of esters is 1. The molecule has 2 rings (SSSR count). The maximum atomic E-state index is 13.0. The molecule has 1 atom stereocenters. The SMILES string of the molecule is CCOC(=O)C(c1cccc(OC)c1)c1cc(C(C)(C)C)cc(C(C)(C)C)c1O. The fourth-order valence-electron chi connectivity index (χ4n) is 3.37. The van der Waals surface area contributed by atoms with Crippen molar-refractivity contribution in [3.05, 3.63) is 58.7 Å². The number of phenols is 1. The zero-order chi connectivity index (χ0) is 22.0. The second-order valence-corrected chi connectivity index (χ2v) is 9.42. The third-order valence-electron chi connectivity index (χ3n) is 5.07. The van der Waals surface area contributed by atoms with E-state index in [9.17, 15) is 9.90 Å². The highest BCUT2D eigenvalue weighted by atomic mass is 16.5. The molecule has 2 aromatic rings. The fourth-order valence-corrected chi connectivity index (χ4v) is 3.37. The van der Waals surface area contributed by atoms with Crippen molar-refractivity contribution >= 4 is 5.97 Å². The van der Waals surface area contributed by atoms with Crippen molar-refractivity contribution in [3.63, 3.8) is 0 Å². The molecule has 1 unspecified atom stereocenters. The van der Waals surface area contributed by atoms with Gasteiger partial charge in [0.25, 0.3) is 0 Å². The maximum absolute atomic E-state index is 13.0. The van der Waals surface area contributed by atoms with Crippen LogP contribution in [0.2, 0.25) is 0 Å². The summed E-state index contributed by atoms with van der Waals surface area (Å²) in [6, 6.07) is 11.3. The normalized spacial score (nSPS) is 13.1. The highest BCUT2D eigenvalue weighted by Crippen LogP contribution is 2.43. The Morgan fingerprint density at radius 1 is 1.03 bits per heavy atom. The molecule has 158 valence electrons. The van der Waals surface area contributed by atoms with Crippen LogP contribution < -0.4 is 4.74 Å². The van der Waals surface area contributed by atoms with E-state index in [1.165, 1.54) is 0 Å². The van der Waals surface area contributed by atoms with Crippen LogP contribution >= 0.6 is 0 Å². The molecule has 4 nitrogen and oxygen atoms in total. The average molecular weight is 399 g/mol. The Hall–Kier alpha value is -2.49. The first kappa shape index (κ1) is 22.8. The summed E-state index contributed by atoms with van der Waals surface area (Å²) in [5.74, 6) is -0.332. The van der Waals surface area contributed by atoms with Gasteiger partial charge in [0.05, 0.1) is 13.7 Å². The first-order chi connectivity index (χ1) is 13.4. The molecule has 0 aliphatic rings. The number of carbonyl (C=O) groups is 1. The van der Waals surface area contributed by atoms with Crippen LogP contribution in [-0.2, 0) is 20.4 Å². The number of hydrogen-bond acceptors (Lipinski definition) is 4.